The van der Waals surface area contributed by atoms with E-state index in [0.29, 0.717) is 22.6 Å². The molecule has 2 rings (SSSR count). The third-order valence-corrected chi connectivity index (χ3v) is 4.35. The Morgan fingerprint density at radius 3 is 2.80 bits per heavy atom. The van der Waals surface area contributed by atoms with Gasteiger partial charge in [0.25, 0.3) is 0 Å². The number of hydrogen-bond acceptors (Lipinski definition) is 3. The number of hydrogen-bond donors (Lipinski definition) is 2. The summed E-state index contributed by atoms with van der Waals surface area (Å²) in [4.78, 5) is 2.31. The average Bonchev–Trinajstić information content (AvgIpc) is 2.44. The molecule has 1 heterocycles. The lowest BCUT2D eigenvalue weighted by atomic mass is 10.0. The lowest BCUT2D eigenvalue weighted by Gasteiger charge is -2.30. The molecule has 1 aliphatic heterocycles. The summed E-state index contributed by atoms with van der Waals surface area (Å²) in [7, 11) is 0. The zero-order valence-electron chi connectivity index (χ0n) is 11.8. The summed E-state index contributed by atoms with van der Waals surface area (Å²) in [5.41, 5.74) is 0.792. The number of nitrogens with zero attached hydrogens (tertiary/aromatic N) is 1. The topological polar surface area (TPSA) is 35.5 Å². The molecule has 2 N–H and O–H groups in total. The molecule has 0 amide bonds. The highest BCUT2D eigenvalue weighted by atomic mass is 35.5. The van der Waals surface area contributed by atoms with Gasteiger partial charge >= 0.3 is 0 Å². The predicted molar refractivity (Wildman–Crippen MR) is 84.7 cm³/mol. The van der Waals surface area contributed by atoms with Crippen LogP contribution in [0.25, 0.3) is 0 Å². The maximum atomic E-state index is 10.0. The molecule has 0 aliphatic carbocycles. The number of benzene rings is 1. The van der Waals surface area contributed by atoms with E-state index in [2.05, 4.69) is 17.1 Å². The minimum absolute atomic E-state index is 0.145. The van der Waals surface area contributed by atoms with Crippen LogP contribution in [-0.2, 0) is 6.54 Å². The molecular formula is C15H22Cl2N2O. The molecule has 20 heavy (non-hydrogen) atoms. The second kappa shape index (κ2) is 7.51. The van der Waals surface area contributed by atoms with Crippen molar-refractivity contribution in [1.82, 2.24) is 10.2 Å². The zero-order valence-corrected chi connectivity index (χ0v) is 13.3. The highest BCUT2D eigenvalue weighted by Crippen LogP contribution is 2.32. The molecular weight excluding hydrogens is 295 g/mol. The minimum Gasteiger partial charge on any atom is -0.506 e. The van der Waals surface area contributed by atoms with Crippen molar-refractivity contribution in [2.24, 2.45) is 0 Å². The number of phenolic OH excluding ortho intramolecular Hbond substituents is 1. The van der Waals surface area contributed by atoms with Gasteiger partial charge in [-0.15, -0.1) is 0 Å². The first-order chi connectivity index (χ1) is 9.60. The largest absolute Gasteiger partial charge is 0.506 e. The number of aromatic hydroxyl groups is 1. The van der Waals surface area contributed by atoms with Gasteiger partial charge in [0.15, 0.2) is 0 Å². The normalized spacial score (nSPS) is 19.5. The molecule has 1 aliphatic rings. The molecule has 112 valence electrons. The first kappa shape index (κ1) is 15.9. The molecule has 0 spiro atoms. The minimum atomic E-state index is 0.145. The Balaban J connectivity index is 2.02. The average molecular weight is 317 g/mol. The second-order valence-electron chi connectivity index (χ2n) is 5.37. The van der Waals surface area contributed by atoms with Gasteiger partial charge in [-0.05, 0) is 38.1 Å². The molecule has 0 bridgehead atoms. The van der Waals surface area contributed by atoms with Gasteiger partial charge in [0.05, 0.1) is 5.02 Å². The molecule has 0 saturated carbocycles. The van der Waals surface area contributed by atoms with E-state index in [1.807, 2.05) is 0 Å². The summed E-state index contributed by atoms with van der Waals surface area (Å²) in [5, 5.41) is 14.5. The molecule has 0 aromatic heterocycles. The summed E-state index contributed by atoms with van der Waals surface area (Å²) >= 11 is 12.0. The van der Waals surface area contributed by atoms with Crippen molar-refractivity contribution in [3.05, 3.63) is 27.7 Å². The Bertz CT molecular complexity index is 448. The van der Waals surface area contributed by atoms with E-state index in [-0.39, 0.29) is 5.75 Å². The molecule has 1 fully saturated rings. The summed E-state index contributed by atoms with van der Waals surface area (Å²) in [5.74, 6) is 0.145. The van der Waals surface area contributed by atoms with E-state index in [1.54, 1.807) is 12.1 Å². The Morgan fingerprint density at radius 1 is 1.35 bits per heavy atom. The quantitative estimate of drug-likeness (QED) is 0.870. The van der Waals surface area contributed by atoms with Crippen LogP contribution in [-0.4, -0.2) is 35.7 Å². The van der Waals surface area contributed by atoms with Crippen molar-refractivity contribution in [3.63, 3.8) is 0 Å². The molecule has 3 nitrogen and oxygen atoms in total. The van der Waals surface area contributed by atoms with Crippen LogP contribution in [0.2, 0.25) is 10.0 Å². The van der Waals surface area contributed by atoms with E-state index in [9.17, 15) is 5.11 Å². The van der Waals surface area contributed by atoms with Crippen molar-refractivity contribution < 1.29 is 5.11 Å². The molecule has 1 aromatic carbocycles. The van der Waals surface area contributed by atoms with Crippen LogP contribution in [0.4, 0.5) is 0 Å². The third-order valence-electron chi connectivity index (χ3n) is 3.84. The highest BCUT2D eigenvalue weighted by Gasteiger charge is 2.17. The summed E-state index contributed by atoms with van der Waals surface area (Å²) < 4.78 is 0. The molecule has 5 heteroatoms. The zero-order chi connectivity index (χ0) is 14.5. The first-order valence-corrected chi connectivity index (χ1v) is 7.98. The fraction of sp³-hybridized carbons (Fsp3) is 0.600. The number of rotatable bonds is 5. The lowest BCUT2D eigenvalue weighted by Crippen LogP contribution is -2.43. The molecule has 1 unspecified atom stereocenters. The SMILES string of the molecule is CCN(Cc1cc(Cl)cc(Cl)c1O)CC1CCCCN1. The van der Waals surface area contributed by atoms with Crippen LogP contribution in [0.5, 0.6) is 5.75 Å². The fourth-order valence-corrected chi connectivity index (χ4v) is 3.21. The Morgan fingerprint density at radius 2 is 2.15 bits per heavy atom. The number of phenols is 1. The number of likely N-dealkylation sites (N-methyl/N-ethyl adjacent to an activating group) is 1. The van der Waals surface area contributed by atoms with E-state index in [0.717, 1.165) is 25.2 Å². The van der Waals surface area contributed by atoms with Gasteiger partial charge in [-0.25, -0.2) is 0 Å². The fourth-order valence-electron chi connectivity index (χ4n) is 2.68. The summed E-state index contributed by atoms with van der Waals surface area (Å²) in [6, 6.07) is 3.90. The summed E-state index contributed by atoms with van der Waals surface area (Å²) in [6.07, 6.45) is 3.79. The van der Waals surface area contributed by atoms with E-state index in [4.69, 9.17) is 23.2 Å². The third kappa shape index (κ3) is 4.26. The maximum Gasteiger partial charge on any atom is 0.138 e. The predicted octanol–water partition coefficient (Wildman–Crippen LogP) is 3.66. The van der Waals surface area contributed by atoms with Crippen molar-refractivity contribution in [3.8, 4) is 5.75 Å². The Hall–Kier alpha value is -0.480. The van der Waals surface area contributed by atoms with Crippen molar-refractivity contribution >= 4 is 23.2 Å². The van der Waals surface area contributed by atoms with Crippen molar-refractivity contribution in [2.45, 2.75) is 38.8 Å². The second-order valence-corrected chi connectivity index (χ2v) is 6.21. The lowest BCUT2D eigenvalue weighted by molar-refractivity contribution is 0.224. The van der Waals surface area contributed by atoms with Crippen LogP contribution >= 0.6 is 23.2 Å². The van der Waals surface area contributed by atoms with Gasteiger partial charge in [-0.3, -0.25) is 4.90 Å². The van der Waals surface area contributed by atoms with E-state index >= 15 is 0 Å². The molecule has 1 atom stereocenters. The molecule has 1 aromatic rings. The van der Waals surface area contributed by atoms with Crippen LogP contribution in [0.1, 0.15) is 31.7 Å². The smallest absolute Gasteiger partial charge is 0.138 e. The van der Waals surface area contributed by atoms with E-state index in [1.165, 1.54) is 19.3 Å². The number of nitrogens with one attached hydrogen (secondary N) is 1. The van der Waals surface area contributed by atoms with Gasteiger partial charge in [0.1, 0.15) is 5.75 Å². The first-order valence-electron chi connectivity index (χ1n) is 7.22. The number of piperidine rings is 1. The maximum absolute atomic E-state index is 10.0. The molecule has 0 radical (unpaired) electrons. The number of halogens is 2. The standard InChI is InChI=1S/C15H22Cl2N2O/c1-2-19(10-13-5-3-4-6-18-13)9-11-7-12(16)8-14(17)15(11)20/h7-8,13,18,20H,2-6,9-10H2,1H3. The van der Waals surface area contributed by atoms with Gasteiger partial charge in [-0.1, -0.05) is 36.5 Å². The van der Waals surface area contributed by atoms with Gasteiger partial charge in [-0.2, -0.15) is 0 Å². The van der Waals surface area contributed by atoms with Crippen LogP contribution in [0.3, 0.4) is 0 Å². The monoisotopic (exact) mass is 316 g/mol. The summed E-state index contributed by atoms with van der Waals surface area (Å²) in [6.45, 7) is 5.82. The van der Waals surface area contributed by atoms with Crippen molar-refractivity contribution in [2.75, 3.05) is 19.6 Å². The van der Waals surface area contributed by atoms with E-state index < -0.39 is 0 Å². The van der Waals surface area contributed by atoms with Gasteiger partial charge < -0.3 is 10.4 Å². The van der Waals surface area contributed by atoms with Crippen LogP contribution < -0.4 is 5.32 Å². The van der Waals surface area contributed by atoms with Crippen LogP contribution in [0, 0.1) is 0 Å². The van der Waals surface area contributed by atoms with Gasteiger partial charge in [0, 0.05) is 29.7 Å². The highest BCUT2D eigenvalue weighted by molar-refractivity contribution is 6.35. The Labute approximate surface area is 130 Å². The van der Waals surface area contributed by atoms with Gasteiger partial charge in [0.2, 0.25) is 0 Å². The van der Waals surface area contributed by atoms with Crippen molar-refractivity contribution in [1.29, 1.82) is 0 Å². The Kier molecular flexibility index (Phi) is 5.97. The molecule has 1 saturated heterocycles. The van der Waals surface area contributed by atoms with Crippen LogP contribution in [0.15, 0.2) is 12.1 Å².